The molecule has 0 bridgehead atoms. The first kappa shape index (κ1) is 15.0. The van der Waals surface area contributed by atoms with Gasteiger partial charge in [0, 0.05) is 14.2 Å². The van der Waals surface area contributed by atoms with E-state index >= 15 is 0 Å². The summed E-state index contributed by atoms with van der Waals surface area (Å²) in [6.45, 7) is 3.17. The van der Waals surface area contributed by atoms with E-state index in [9.17, 15) is 0 Å². The first-order valence-corrected chi connectivity index (χ1v) is 9.15. The zero-order valence-electron chi connectivity index (χ0n) is 9.67. The van der Waals surface area contributed by atoms with Gasteiger partial charge in [-0.3, -0.25) is 0 Å². The lowest BCUT2D eigenvalue weighted by Crippen LogP contribution is -2.21. The highest BCUT2D eigenvalue weighted by Crippen LogP contribution is 2.39. The zero-order valence-corrected chi connectivity index (χ0v) is 15.2. The number of halogens is 3. The predicted octanol–water partition coefficient (Wildman–Crippen LogP) is 6.08. The minimum atomic E-state index is 0.232. The summed E-state index contributed by atoms with van der Waals surface area (Å²) in [5, 5.41) is 3.58. The second-order valence-corrected chi connectivity index (χ2v) is 8.80. The van der Waals surface area contributed by atoms with Crippen LogP contribution in [0, 0.1) is 0 Å². The molecule has 0 fully saturated rings. The van der Waals surface area contributed by atoms with Crippen molar-refractivity contribution in [2.75, 3.05) is 6.54 Å². The average Bonchev–Trinajstić information content (AvgIpc) is 2.88. The van der Waals surface area contributed by atoms with E-state index in [1.165, 1.54) is 9.75 Å². The lowest BCUT2D eigenvalue weighted by Gasteiger charge is -2.15. The van der Waals surface area contributed by atoms with Gasteiger partial charge < -0.3 is 5.32 Å². The Morgan fingerprint density at radius 1 is 1.28 bits per heavy atom. The topological polar surface area (TPSA) is 12.0 Å². The molecule has 0 spiro atoms. The molecule has 0 aliphatic rings. The molecule has 2 aromatic heterocycles. The van der Waals surface area contributed by atoms with Gasteiger partial charge in [-0.25, -0.2) is 0 Å². The summed E-state index contributed by atoms with van der Waals surface area (Å²) in [7, 11) is 0. The third-order valence-electron chi connectivity index (χ3n) is 2.43. The number of rotatable bonds is 5. The molecule has 0 saturated carbocycles. The summed E-state index contributed by atoms with van der Waals surface area (Å²) >= 11 is 16.5. The van der Waals surface area contributed by atoms with E-state index in [0.717, 1.165) is 25.6 Å². The van der Waals surface area contributed by atoms with Crippen LogP contribution in [0.25, 0.3) is 0 Å². The van der Waals surface area contributed by atoms with Gasteiger partial charge in [-0.05, 0) is 63.0 Å². The minimum Gasteiger partial charge on any atom is -0.305 e. The normalized spacial score (nSPS) is 12.9. The van der Waals surface area contributed by atoms with Crippen molar-refractivity contribution in [2.45, 2.75) is 19.4 Å². The Labute approximate surface area is 137 Å². The lowest BCUT2D eigenvalue weighted by molar-refractivity contribution is 0.613. The van der Waals surface area contributed by atoms with Gasteiger partial charge in [-0.1, -0.05) is 18.5 Å². The largest absolute Gasteiger partial charge is 0.305 e. The molecule has 0 radical (unpaired) electrons. The molecule has 1 unspecified atom stereocenters. The SMILES string of the molecule is CCCNC(c1ccc(Cl)s1)c1cc(Br)c(Br)s1. The van der Waals surface area contributed by atoms with Gasteiger partial charge in [0.15, 0.2) is 0 Å². The van der Waals surface area contributed by atoms with Crippen LogP contribution in [-0.2, 0) is 0 Å². The molecule has 0 amide bonds. The summed E-state index contributed by atoms with van der Waals surface area (Å²) in [5.74, 6) is 0. The van der Waals surface area contributed by atoms with Crippen molar-refractivity contribution >= 4 is 66.1 Å². The molecule has 2 heterocycles. The highest BCUT2D eigenvalue weighted by molar-refractivity contribution is 9.13. The van der Waals surface area contributed by atoms with Crippen LogP contribution >= 0.6 is 66.1 Å². The first-order valence-electron chi connectivity index (χ1n) is 5.55. The molecule has 1 N–H and O–H groups in total. The van der Waals surface area contributed by atoms with E-state index in [1.54, 1.807) is 22.7 Å². The van der Waals surface area contributed by atoms with Gasteiger partial charge in [-0.15, -0.1) is 22.7 Å². The number of thiophene rings is 2. The van der Waals surface area contributed by atoms with E-state index in [2.05, 4.69) is 56.2 Å². The third kappa shape index (κ3) is 3.58. The zero-order chi connectivity index (χ0) is 13.1. The number of hydrogen-bond acceptors (Lipinski definition) is 3. The number of hydrogen-bond donors (Lipinski definition) is 1. The molecule has 0 aliphatic carbocycles. The van der Waals surface area contributed by atoms with Gasteiger partial charge in [0.2, 0.25) is 0 Å². The second kappa shape index (κ2) is 6.86. The maximum absolute atomic E-state index is 6.04. The average molecular weight is 430 g/mol. The highest BCUT2D eigenvalue weighted by Gasteiger charge is 2.18. The summed E-state index contributed by atoms with van der Waals surface area (Å²) in [4.78, 5) is 2.55. The maximum atomic E-state index is 6.04. The van der Waals surface area contributed by atoms with Crippen LogP contribution in [0.5, 0.6) is 0 Å². The Bertz CT molecular complexity index is 504. The second-order valence-electron chi connectivity index (χ2n) is 3.80. The molecular weight excluding hydrogens is 418 g/mol. The lowest BCUT2D eigenvalue weighted by atomic mass is 10.2. The molecule has 1 nitrogen and oxygen atoms in total. The molecule has 0 aliphatic heterocycles. The third-order valence-corrected chi connectivity index (χ3v) is 7.04. The first-order chi connectivity index (χ1) is 8.61. The highest BCUT2D eigenvalue weighted by atomic mass is 79.9. The van der Waals surface area contributed by atoms with Gasteiger partial charge in [0.05, 0.1) is 14.2 Å². The van der Waals surface area contributed by atoms with Crippen molar-refractivity contribution in [2.24, 2.45) is 0 Å². The molecule has 6 heteroatoms. The van der Waals surface area contributed by atoms with Crippen molar-refractivity contribution < 1.29 is 0 Å². The Morgan fingerprint density at radius 2 is 2.06 bits per heavy atom. The quantitative estimate of drug-likeness (QED) is 0.608. The van der Waals surface area contributed by atoms with E-state index in [0.29, 0.717) is 0 Å². The van der Waals surface area contributed by atoms with E-state index in [1.807, 2.05) is 6.07 Å². The van der Waals surface area contributed by atoms with E-state index in [-0.39, 0.29) is 6.04 Å². The summed E-state index contributed by atoms with van der Waals surface area (Å²) in [6, 6.07) is 6.45. The summed E-state index contributed by atoms with van der Waals surface area (Å²) < 4.78 is 3.07. The van der Waals surface area contributed by atoms with Crippen LogP contribution in [0.4, 0.5) is 0 Å². The molecular formula is C12H12Br2ClNS2. The van der Waals surface area contributed by atoms with Crippen LogP contribution in [0.1, 0.15) is 29.1 Å². The monoisotopic (exact) mass is 427 g/mol. The van der Waals surface area contributed by atoms with Gasteiger partial charge in [0.1, 0.15) is 0 Å². The van der Waals surface area contributed by atoms with Crippen molar-refractivity contribution in [3.63, 3.8) is 0 Å². The Hall–Kier alpha value is 0.610. The van der Waals surface area contributed by atoms with Crippen LogP contribution < -0.4 is 5.32 Å². The molecule has 2 aromatic rings. The fourth-order valence-electron chi connectivity index (χ4n) is 1.62. The minimum absolute atomic E-state index is 0.232. The Balaban J connectivity index is 2.30. The van der Waals surface area contributed by atoms with Gasteiger partial charge >= 0.3 is 0 Å². The molecule has 0 aromatic carbocycles. The van der Waals surface area contributed by atoms with Crippen molar-refractivity contribution in [1.82, 2.24) is 5.32 Å². The van der Waals surface area contributed by atoms with Crippen LogP contribution in [-0.4, -0.2) is 6.54 Å². The molecule has 18 heavy (non-hydrogen) atoms. The Morgan fingerprint density at radius 3 is 2.56 bits per heavy atom. The smallest absolute Gasteiger partial charge is 0.0931 e. The van der Waals surface area contributed by atoms with E-state index < -0.39 is 0 Å². The predicted molar refractivity (Wildman–Crippen MR) is 89.2 cm³/mol. The molecule has 98 valence electrons. The van der Waals surface area contributed by atoms with Gasteiger partial charge in [-0.2, -0.15) is 0 Å². The number of nitrogens with one attached hydrogen (secondary N) is 1. The van der Waals surface area contributed by atoms with Crippen LogP contribution in [0.2, 0.25) is 4.34 Å². The molecule has 0 saturated heterocycles. The van der Waals surface area contributed by atoms with E-state index in [4.69, 9.17) is 11.6 Å². The fraction of sp³-hybridized carbons (Fsp3) is 0.333. The standard InChI is InChI=1S/C12H12Br2ClNS2/c1-2-5-16-11(8-3-4-10(15)17-8)9-6-7(13)12(14)18-9/h3-4,6,11,16H,2,5H2,1H3. The Kier molecular flexibility index (Phi) is 5.72. The summed E-state index contributed by atoms with van der Waals surface area (Å²) in [6.07, 6.45) is 1.11. The van der Waals surface area contributed by atoms with Crippen molar-refractivity contribution in [1.29, 1.82) is 0 Å². The van der Waals surface area contributed by atoms with Gasteiger partial charge in [0.25, 0.3) is 0 Å². The van der Waals surface area contributed by atoms with Crippen molar-refractivity contribution in [3.05, 3.63) is 40.5 Å². The summed E-state index contributed by atoms with van der Waals surface area (Å²) in [5.41, 5.74) is 0. The fourth-order valence-corrected chi connectivity index (χ4v) is 5.03. The molecule has 1 atom stereocenters. The van der Waals surface area contributed by atoms with Crippen molar-refractivity contribution in [3.8, 4) is 0 Å². The maximum Gasteiger partial charge on any atom is 0.0931 e. The van der Waals surface area contributed by atoms with Crippen LogP contribution in [0.15, 0.2) is 26.5 Å². The molecule has 2 rings (SSSR count). The van der Waals surface area contributed by atoms with Crippen LogP contribution in [0.3, 0.4) is 0 Å².